The van der Waals surface area contributed by atoms with Gasteiger partial charge in [0, 0.05) is 37.8 Å². The van der Waals surface area contributed by atoms with Gasteiger partial charge in [0.15, 0.2) is 0 Å². The fourth-order valence-electron chi connectivity index (χ4n) is 2.75. The van der Waals surface area contributed by atoms with E-state index < -0.39 is 35.8 Å². The second kappa shape index (κ2) is 8.46. The lowest BCUT2D eigenvalue weighted by atomic mass is 9.95. The molecule has 0 aromatic heterocycles. The van der Waals surface area contributed by atoms with Crippen LogP contribution >= 0.6 is 24.0 Å². The summed E-state index contributed by atoms with van der Waals surface area (Å²) in [6.45, 7) is 1.14. The number of piperazine rings is 1. The van der Waals surface area contributed by atoms with E-state index in [-0.39, 0.29) is 23.9 Å². The number of benzene rings is 1. The summed E-state index contributed by atoms with van der Waals surface area (Å²) >= 11 is 5.65. The molecule has 0 radical (unpaired) electrons. The fourth-order valence-corrected chi connectivity index (χ4v) is 2.91. The first-order chi connectivity index (χ1) is 10.4. The van der Waals surface area contributed by atoms with Gasteiger partial charge in [-0.05, 0) is 18.6 Å². The summed E-state index contributed by atoms with van der Waals surface area (Å²) in [5, 5.41) is 2.67. The average molecular weight is 379 g/mol. The van der Waals surface area contributed by atoms with Gasteiger partial charge in [-0.25, -0.2) is 4.39 Å². The largest absolute Gasteiger partial charge is 0.416 e. The van der Waals surface area contributed by atoms with Crippen molar-refractivity contribution >= 4 is 24.0 Å². The molecule has 2 rings (SSSR count). The van der Waals surface area contributed by atoms with Crippen LogP contribution in [0.2, 0.25) is 5.02 Å². The minimum absolute atomic E-state index is 0. The Morgan fingerprint density at radius 2 is 1.83 bits per heavy atom. The van der Waals surface area contributed by atoms with Crippen LogP contribution in [0.15, 0.2) is 12.1 Å². The second-order valence-electron chi connectivity index (χ2n) is 5.10. The van der Waals surface area contributed by atoms with Crippen LogP contribution in [0.25, 0.3) is 0 Å². The molecule has 0 bridgehead atoms. The summed E-state index contributed by atoms with van der Waals surface area (Å²) in [7, 11) is 0. The molecule has 1 aliphatic rings. The fraction of sp³-hybridized carbons (Fsp3) is 0.571. The Bertz CT molecular complexity index is 519. The SMILES string of the molecule is Cl.FCC[C@H](c1c(C(F)(F)F)ccc(Cl)c1F)N1CCNCC1. The highest BCUT2D eigenvalue weighted by Gasteiger charge is 2.39. The normalized spacial score (nSPS) is 17.7. The van der Waals surface area contributed by atoms with E-state index in [0.717, 1.165) is 12.1 Å². The molecule has 1 aromatic rings. The third-order valence-electron chi connectivity index (χ3n) is 3.75. The molecule has 0 saturated carbocycles. The Morgan fingerprint density at radius 3 is 2.35 bits per heavy atom. The summed E-state index contributed by atoms with van der Waals surface area (Å²) in [5.41, 5.74) is -1.65. The van der Waals surface area contributed by atoms with Gasteiger partial charge in [0.25, 0.3) is 0 Å². The van der Waals surface area contributed by atoms with Gasteiger partial charge in [0.1, 0.15) is 5.82 Å². The van der Waals surface area contributed by atoms with Gasteiger partial charge in [-0.15, -0.1) is 12.4 Å². The van der Waals surface area contributed by atoms with E-state index in [4.69, 9.17) is 11.6 Å². The maximum Gasteiger partial charge on any atom is 0.416 e. The standard InChI is InChI=1S/C14H16ClF5N2.ClH/c15-10-2-1-9(14(18,19)20)12(13(10)17)11(3-4-16)22-7-5-21-6-8-22;/h1-2,11,21H,3-8H2;1H/t11-;/m1./s1. The van der Waals surface area contributed by atoms with Gasteiger partial charge in [0.05, 0.1) is 17.3 Å². The molecule has 1 aliphatic heterocycles. The van der Waals surface area contributed by atoms with Crippen LogP contribution in [0.5, 0.6) is 0 Å². The van der Waals surface area contributed by atoms with Crippen molar-refractivity contribution in [2.45, 2.75) is 18.6 Å². The topological polar surface area (TPSA) is 15.3 Å². The molecular formula is C14H17Cl2F5N2. The smallest absolute Gasteiger partial charge is 0.314 e. The number of halogens is 7. The number of nitrogens with one attached hydrogen (secondary N) is 1. The Kier molecular flexibility index (Phi) is 7.51. The van der Waals surface area contributed by atoms with Crippen LogP contribution in [0.3, 0.4) is 0 Å². The third-order valence-corrected chi connectivity index (χ3v) is 4.04. The Hall–Kier alpha value is -0.630. The summed E-state index contributed by atoms with van der Waals surface area (Å²) < 4.78 is 66.8. The monoisotopic (exact) mass is 378 g/mol. The van der Waals surface area contributed by atoms with Crippen LogP contribution in [0.4, 0.5) is 22.0 Å². The van der Waals surface area contributed by atoms with Crippen LogP contribution in [-0.4, -0.2) is 37.8 Å². The van der Waals surface area contributed by atoms with Crippen molar-refractivity contribution in [2.24, 2.45) is 0 Å². The number of hydrogen-bond acceptors (Lipinski definition) is 2. The maximum atomic E-state index is 14.3. The highest BCUT2D eigenvalue weighted by atomic mass is 35.5. The molecule has 1 fully saturated rings. The summed E-state index contributed by atoms with van der Waals surface area (Å²) in [6, 6.07) is 0.657. The van der Waals surface area contributed by atoms with Crippen molar-refractivity contribution in [3.63, 3.8) is 0 Å². The molecule has 9 heteroatoms. The van der Waals surface area contributed by atoms with E-state index in [1.165, 1.54) is 0 Å². The van der Waals surface area contributed by atoms with Crippen LogP contribution in [0.1, 0.15) is 23.6 Å². The minimum Gasteiger partial charge on any atom is -0.314 e. The van der Waals surface area contributed by atoms with E-state index >= 15 is 0 Å². The van der Waals surface area contributed by atoms with Crippen molar-refractivity contribution in [1.82, 2.24) is 10.2 Å². The molecule has 1 saturated heterocycles. The van der Waals surface area contributed by atoms with Gasteiger partial charge in [0.2, 0.25) is 0 Å². The van der Waals surface area contributed by atoms with E-state index in [1.807, 2.05) is 0 Å². The lowest BCUT2D eigenvalue weighted by Crippen LogP contribution is -2.45. The van der Waals surface area contributed by atoms with Crippen molar-refractivity contribution in [2.75, 3.05) is 32.9 Å². The van der Waals surface area contributed by atoms with Gasteiger partial charge in [-0.2, -0.15) is 13.2 Å². The predicted octanol–water partition coefficient (Wildman–Crippen LogP) is 4.23. The van der Waals surface area contributed by atoms with E-state index in [0.29, 0.717) is 26.2 Å². The zero-order valence-electron chi connectivity index (χ0n) is 12.1. The molecule has 1 N–H and O–H groups in total. The van der Waals surface area contributed by atoms with E-state index in [2.05, 4.69) is 5.32 Å². The summed E-state index contributed by atoms with van der Waals surface area (Å²) in [6.07, 6.45) is -4.93. The first-order valence-electron chi connectivity index (χ1n) is 6.92. The number of rotatable bonds is 4. The molecule has 2 nitrogen and oxygen atoms in total. The molecule has 1 aromatic carbocycles. The Balaban J connectivity index is 0.00000264. The van der Waals surface area contributed by atoms with Crippen molar-refractivity contribution in [3.05, 3.63) is 34.1 Å². The molecule has 1 heterocycles. The van der Waals surface area contributed by atoms with Crippen LogP contribution in [0, 0.1) is 5.82 Å². The van der Waals surface area contributed by atoms with Crippen molar-refractivity contribution < 1.29 is 22.0 Å². The van der Waals surface area contributed by atoms with Crippen LogP contribution < -0.4 is 5.32 Å². The highest BCUT2D eigenvalue weighted by molar-refractivity contribution is 6.30. The van der Waals surface area contributed by atoms with E-state index in [1.54, 1.807) is 4.90 Å². The van der Waals surface area contributed by atoms with Crippen molar-refractivity contribution in [1.29, 1.82) is 0 Å². The quantitative estimate of drug-likeness (QED) is 0.788. The first kappa shape index (κ1) is 20.4. The second-order valence-corrected chi connectivity index (χ2v) is 5.51. The zero-order valence-corrected chi connectivity index (χ0v) is 13.7. The van der Waals surface area contributed by atoms with Gasteiger partial charge in [-0.3, -0.25) is 9.29 Å². The first-order valence-corrected chi connectivity index (χ1v) is 7.30. The number of nitrogens with zero attached hydrogens (tertiary/aromatic N) is 1. The number of hydrogen-bond donors (Lipinski definition) is 1. The zero-order chi connectivity index (χ0) is 16.3. The Labute approximate surface area is 142 Å². The Morgan fingerprint density at radius 1 is 1.22 bits per heavy atom. The lowest BCUT2D eigenvalue weighted by Gasteiger charge is -2.36. The molecule has 0 unspecified atom stereocenters. The minimum atomic E-state index is -4.72. The van der Waals surface area contributed by atoms with Crippen molar-refractivity contribution in [3.8, 4) is 0 Å². The lowest BCUT2D eigenvalue weighted by molar-refractivity contribution is -0.139. The third kappa shape index (κ3) is 4.68. The summed E-state index contributed by atoms with van der Waals surface area (Å²) in [5.74, 6) is -1.12. The maximum absolute atomic E-state index is 14.3. The molecule has 0 spiro atoms. The van der Waals surface area contributed by atoms with Crippen LogP contribution in [-0.2, 0) is 6.18 Å². The molecule has 23 heavy (non-hydrogen) atoms. The van der Waals surface area contributed by atoms with Gasteiger partial charge >= 0.3 is 6.18 Å². The number of alkyl halides is 4. The van der Waals surface area contributed by atoms with E-state index in [9.17, 15) is 22.0 Å². The molecule has 1 atom stereocenters. The summed E-state index contributed by atoms with van der Waals surface area (Å²) in [4.78, 5) is 1.67. The van der Waals surface area contributed by atoms with Gasteiger partial charge < -0.3 is 5.32 Å². The average Bonchev–Trinajstić information content (AvgIpc) is 2.47. The highest BCUT2D eigenvalue weighted by Crippen LogP contribution is 2.40. The van der Waals surface area contributed by atoms with Gasteiger partial charge in [-0.1, -0.05) is 11.6 Å². The molecular weight excluding hydrogens is 362 g/mol. The molecule has 132 valence electrons. The predicted molar refractivity (Wildman–Crippen MR) is 81.4 cm³/mol. The molecule has 0 aliphatic carbocycles. The molecule has 0 amide bonds.